The van der Waals surface area contributed by atoms with Gasteiger partial charge in [-0.15, -0.1) is 10.2 Å². The van der Waals surface area contributed by atoms with Gasteiger partial charge in [0.25, 0.3) is 0 Å². The Hall–Kier alpha value is -5.46. The van der Waals surface area contributed by atoms with Crippen LogP contribution in [0.1, 0.15) is 63.9 Å². The van der Waals surface area contributed by atoms with Gasteiger partial charge < -0.3 is 15.1 Å². The summed E-state index contributed by atoms with van der Waals surface area (Å²) in [4.78, 5) is 44.5. The molecule has 5 aromatic heterocycles. The third-order valence-electron chi connectivity index (χ3n) is 11.6. The molecule has 4 fully saturated rings. The minimum Gasteiger partial charge on any atom is -0.382 e. The smallest absolute Gasteiger partial charge is 0.234 e. The Bertz CT molecular complexity index is 2280. The first kappa shape index (κ1) is 35.3. The third-order valence-corrected chi connectivity index (χ3v) is 12.6. The quantitative estimate of drug-likeness (QED) is 0.140. The Morgan fingerprint density at radius 3 is 2.58 bits per heavy atom. The molecule has 0 radical (unpaired) electrons. The number of fused-ring (bicyclic) bond motifs is 1. The minimum absolute atomic E-state index is 0.195. The second-order valence-corrected chi connectivity index (χ2v) is 16.6. The monoisotopic (exact) mass is 756 g/mol. The molecule has 3 saturated heterocycles. The van der Waals surface area contributed by atoms with E-state index in [0.29, 0.717) is 24.4 Å². The lowest BCUT2D eigenvalue weighted by Crippen LogP contribution is -2.56. The Morgan fingerprint density at radius 1 is 0.982 bits per heavy atom. The van der Waals surface area contributed by atoms with Crippen LogP contribution in [0.3, 0.4) is 0 Å². The van der Waals surface area contributed by atoms with Crippen molar-refractivity contribution in [2.24, 2.45) is 5.92 Å². The molecule has 8 heterocycles. The van der Waals surface area contributed by atoms with Crippen LogP contribution >= 0.6 is 11.3 Å². The van der Waals surface area contributed by atoms with Crippen molar-refractivity contribution in [1.82, 2.24) is 40.0 Å². The van der Waals surface area contributed by atoms with E-state index in [9.17, 15) is 9.59 Å². The van der Waals surface area contributed by atoms with E-state index in [1.54, 1.807) is 17.5 Å². The zero-order valence-electron chi connectivity index (χ0n) is 31.1. The molecule has 2 amide bonds. The summed E-state index contributed by atoms with van der Waals surface area (Å²) in [7, 11) is 0. The number of hydrogen-bond acceptors (Lipinski definition) is 12. The van der Waals surface area contributed by atoms with Crippen LogP contribution in [0, 0.1) is 12.5 Å². The molecule has 9 rings (SSSR count). The lowest BCUT2D eigenvalue weighted by Gasteiger charge is -2.44. The van der Waals surface area contributed by atoms with Gasteiger partial charge in [-0.05, 0) is 87.8 Å². The molecule has 5 aromatic rings. The van der Waals surface area contributed by atoms with Gasteiger partial charge in [-0.2, -0.15) is 5.10 Å². The fraction of sp³-hybridized carbons (Fsp3) is 0.450. The average molecular weight is 757 g/mol. The minimum atomic E-state index is -0.304. The van der Waals surface area contributed by atoms with Gasteiger partial charge in [0.2, 0.25) is 22.6 Å². The first-order chi connectivity index (χ1) is 26.7. The van der Waals surface area contributed by atoms with Crippen LogP contribution in [0.15, 0.2) is 55.0 Å². The van der Waals surface area contributed by atoms with Crippen molar-refractivity contribution < 1.29 is 9.59 Å². The molecule has 0 aromatic carbocycles. The molecule has 14 nitrogen and oxygen atoms in total. The fourth-order valence-corrected chi connectivity index (χ4v) is 9.32. The van der Waals surface area contributed by atoms with Crippen molar-refractivity contribution in [1.29, 1.82) is 0 Å². The van der Waals surface area contributed by atoms with Crippen LogP contribution in [0.2, 0.25) is 0 Å². The van der Waals surface area contributed by atoms with Crippen LogP contribution in [-0.2, 0) is 9.59 Å². The van der Waals surface area contributed by atoms with Gasteiger partial charge in [-0.1, -0.05) is 17.4 Å². The second kappa shape index (κ2) is 14.3. The number of anilines is 3. The lowest BCUT2D eigenvalue weighted by molar-refractivity contribution is -0.134. The molecular formula is C40H44N12O2S. The molecule has 282 valence electrons. The summed E-state index contributed by atoms with van der Waals surface area (Å²) in [5.74, 6) is 0.888. The SMILES string of the molecule is [C-]#[N+]c1cnn2c(-c3cc(NC(C)C)c(-c4nnc(N5CCN(CC6CCN(c7ccc([C@@H]8CCC(=O)NC8=O)cn7)CC6)C6(CC6)C5)s4)cn3)ccc2c1. The zero-order valence-corrected chi connectivity index (χ0v) is 31.9. The molecule has 55 heavy (non-hydrogen) atoms. The molecule has 1 saturated carbocycles. The molecule has 4 aliphatic rings. The maximum Gasteiger partial charge on any atom is 0.234 e. The number of amides is 2. The molecule has 1 aliphatic carbocycles. The van der Waals surface area contributed by atoms with Crippen LogP contribution in [0.5, 0.6) is 0 Å². The number of nitrogens with zero attached hydrogens (tertiary/aromatic N) is 10. The summed E-state index contributed by atoms with van der Waals surface area (Å²) in [6.07, 6.45) is 10.9. The van der Waals surface area contributed by atoms with Crippen LogP contribution in [0.25, 0.3) is 32.3 Å². The van der Waals surface area contributed by atoms with Crippen LogP contribution in [0.4, 0.5) is 22.3 Å². The summed E-state index contributed by atoms with van der Waals surface area (Å²) in [6.45, 7) is 17.6. The van der Waals surface area contributed by atoms with E-state index in [0.717, 1.165) is 102 Å². The summed E-state index contributed by atoms with van der Waals surface area (Å²) >= 11 is 1.63. The Morgan fingerprint density at radius 2 is 1.84 bits per heavy atom. The van der Waals surface area contributed by atoms with Gasteiger partial charge in [0.15, 0.2) is 5.01 Å². The number of carbonyl (C=O) groups excluding carboxylic acids is 2. The number of carbonyl (C=O) groups is 2. The Balaban J connectivity index is 0.828. The van der Waals surface area contributed by atoms with Crippen molar-refractivity contribution in [2.75, 3.05) is 54.4 Å². The van der Waals surface area contributed by atoms with Crippen LogP contribution in [-0.4, -0.2) is 97.3 Å². The van der Waals surface area contributed by atoms with Gasteiger partial charge in [-0.3, -0.25) is 24.8 Å². The molecule has 1 atom stereocenters. The van der Waals surface area contributed by atoms with Gasteiger partial charge in [0.1, 0.15) is 5.82 Å². The summed E-state index contributed by atoms with van der Waals surface area (Å²) in [6, 6.07) is 12.1. The topological polar surface area (TPSA) is 141 Å². The molecule has 3 aliphatic heterocycles. The number of aromatic nitrogens is 6. The largest absolute Gasteiger partial charge is 0.382 e. The maximum atomic E-state index is 12.3. The highest BCUT2D eigenvalue weighted by molar-refractivity contribution is 7.18. The molecule has 1 spiro atoms. The summed E-state index contributed by atoms with van der Waals surface area (Å²) in [5.41, 5.74) is 5.97. The van der Waals surface area contributed by atoms with E-state index in [4.69, 9.17) is 21.6 Å². The number of hydrogen-bond donors (Lipinski definition) is 2. The van der Waals surface area contributed by atoms with E-state index in [2.05, 4.69) is 60.3 Å². The van der Waals surface area contributed by atoms with E-state index in [1.165, 1.54) is 12.8 Å². The number of pyridine rings is 2. The molecule has 0 bridgehead atoms. The third kappa shape index (κ3) is 7.00. The van der Waals surface area contributed by atoms with Crippen molar-refractivity contribution in [3.05, 3.63) is 72.0 Å². The van der Waals surface area contributed by atoms with Crippen molar-refractivity contribution in [3.8, 4) is 22.0 Å². The molecular weight excluding hydrogens is 713 g/mol. The number of imide groups is 1. The first-order valence-corrected chi connectivity index (χ1v) is 20.1. The average Bonchev–Trinajstić information content (AvgIpc) is 3.56. The fourth-order valence-electron chi connectivity index (χ4n) is 8.43. The van der Waals surface area contributed by atoms with Crippen molar-refractivity contribution in [2.45, 2.75) is 69.9 Å². The maximum absolute atomic E-state index is 12.3. The van der Waals surface area contributed by atoms with E-state index < -0.39 is 0 Å². The van der Waals surface area contributed by atoms with E-state index >= 15 is 0 Å². The van der Waals surface area contributed by atoms with Crippen molar-refractivity contribution >= 4 is 51.0 Å². The number of rotatable bonds is 9. The van der Waals surface area contributed by atoms with Gasteiger partial charge in [0.05, 0.1) is 41.2 Å². The Labute approximate surface area is 323 Å². The van der Waals surface area contributed by atoms with Gasteiger partial charge in [-0.25, -0.2) is 14.3 Å². The second-order valence-electron chi connectivity index (χ2n) is 15.7. The highest BCUT2D eigenvalue weighted by Crippen LogP contribution is 2.47. The molecule has 2 N–H and O–H groups in total. The van der Waals surface area contributed by atoms with Gasteiger partial charge >= 0.3 is 0 Å². The summed E-state index contributed by atoms with van der Waals surface area (Å²) in [5, 5.41) is 21.8. The highest BCUT2D eigenvalue weighted by atomic mass is 32.1. The van der Waals surface area contributed by atoms with Crippen molar-refractivity contribution in [3.63, 3.8) is 0 Å². The Kier molecular flexibility index (Phi) is 9.18. The first-order valence-electron chi connectivity index (χ1n) is 19.3. The molecule has 0 unspecified atom stereocenters. The predicted molar refractivity (Wildman–Crippen MR) is 212 cm³/mol. The summed E-state index contributed by atoms with van der Waals surface area (Å²) < 4.78 is 1.82. The van der Waals surface area contributed by atoms with E-state index in [-0.39, 0.29) is 29.3 Å². The zero-order chi connectivity index (χ0) is 37.7. The van der Waals surface area contributed by atoms with Gasteiger partial charge in [0, 0.05) is 75.4 Å². The number of nitrogens with one attached hydrogen (secondary N) is 2. The normalized spacial score (nSPS) is 20.3. The standard InChI is InChI=1S/C40H44N12O2S/c1-25(2)45-32-19-33(34-7-5-29-18-28(41-3)21-44-52(29)34)42-22-31(32)38-47-48-39(55-38)50-16-17-51(40(24-50)12-13-40)23-26-10-14-49(15-11-26)35-8-4-27(20-43-35)30-6-9-36(53)46-37(30)54/h4-5,7-8,18-22,25-26,30H,6,9-17,23-24H2,1-2H3,(H,42,45)(H,46,53,54)/t30-/m0/s1. The lowest BCUT2D eigenvalue weighted by atomic mass is 9.91. The number of piperidine rings is 2. The number of piperazine rings is 1. The van der Waals surface area contributed by atoms with E-state index in [1.807, 2.05) is 47.2 Å². The highest BCUT2D eigenvalue weighted by Gasteiger charge is 2.52. The predicted octanol–water partition coefficient (Wildman–Crippen LogP) is 5.77. The van der Waals surface area contributed by atoms with Crippen LogP contribution < -0.4 is 20.4 Å². The molecule has 15 heteroatoms.